The van der Waals surface area contributed by atoms with Gasteiger partial charge in [0.15, 0.2) is 0 Å². The van der Waals surface area contributed by atoms with Crippen LogP contribution in [0.2, 0.25) is 0 Å². The van der Waals surface area contributed by atoms with E-state index in [0.717, 1.165) is 56.2 Å². The molecule has 3 aromatic carbocycles. The predicted octanol–water partition coefficient (Wildman–Crippen LogP) is 7.82. The first kappa shape index (κ1) is 15.5. The molecule has 28 heavy (non-hydrogen) atoms. The summed E-state index contributed by atoms with van der Waals surface area (Å²) in [5.41, 5.74) is 7.22. The van der Waals surface area contributed by atoms with Crippen LogP contribution in [0.15, 0.2) is 81.7 Å². The molecule has 0 atom stereocenters. The Bertz CT molecular complexity index is 1440. The molecule has 0 bridgehead atoms. The number of furan rings is 2. The number of rotatable bonds is 1. The average Bonchev–Trinajstić information content (AvgIpc) is 3.24. The monoisotopic (exact) mass is 362 g/mol. The van der Waals surface area contributed by atoms with E-state index < -0.39 is 0 Å². The second-order valence-corrected chi connectivity index (χ2v) is 7.33. The van der Waals surface area contributed by atoms with Crippen molar-refractivity contribution in [2.75, 3.05) is 0 Å². The van der Waals surface area contributed by atoms with E-state index in [9.17, 15) is 0 Å². The van der Waals surface area contributed by atoms with Crippen LogP contribution in [0.1, 0.15) is 24.7 Å². The molecule has 2 heteroatoms. The molecule has 0 radical (unpaired) electrons. The molecule has 0 fully saturated rings. The summed E-state index contributed by atoms with van der Waals surface area (Å²) in [6.07, 6.45) is 7.52. The topological polar surface area (TPSA) is 26.3 Å². The third-order valence-electron chi connectivity index (χ3n) is 5.65. The van der Waals surface area contributed by atoms with Gasteiger partial charge in [-0.3, -0.25) is 0 Å². The molecular formula is C26H18O2. The van der Waals surface area contributed by atoms with E-state index in [1.165, 1.54) is 11.1 Å². The van der Waals surface area contributed by atoms with Crippen molar-refractivity contribution in [1.82, 2.24) is 0 Å². The summed E-state index contributed by atoms with van der Waals surface area (Å²) in [5.74, 6) is 0.966. The van der Waals surface area contributed by atoms with Gasteiger partial charge in [-0.25, -0.2) is 0 Å². The van der Waals surface area contributed by atoms with Crippen LogP contribution in [0, 0.1) is 0 Å². The number of hydrogen-bond acceptors (Lipinski definition) is 2. The van der Waals surface area contributed by atoms with E-state index >= 15 is 0 Å². The maximum absolute atomic E-state index is 6.43. The molecule has 1 aliphatic rings. The van der Waals surface area contributed by atoms with Crippen LogP contribution in [0.5, 0.6) is 0 Å². The third-order valence-corrected chi connectivity index (χ3v) is 5.65. The highest BCUT2D eigenvalue weighted by atomic mass is 16.3. The summed E-state index contributed by atoms with van der Waals surface area (Å²) in [4.78, 5) is 0. The summed E-state index contributed by atoms with van der Waals surface area (Å²) >= 11 is 0. The smallest absolute Gasteiger partial charge is 0.143 e. The van der Waals surface area contributed by atoms with E-state index in [2.05, 4.69) is 73.7 Å². The van der Waals surface area contributed by atoms with Crippen molar-refractivity contribution in [1.29, 1.82) is 0 Å². The Morgan fingerprint density at radius 2 is 1.43 bits per heavy atom. The predicted molar refractivity (Wildman–Crippen MR) is 116 cm³/mol. The summed E-state index contributed by atoms with van der Waals surface area (Å²) in [6.45, 7) is 2.12. The zero-order chi connectivity index (χ0) is 18.7. The Morgan fingerprint density at radius 3 is 2.29 bits per heavy atom. The van der Waals surface area contributed by atoms with Crippen molar-refractivity contribution in [3.05, 3.63) is 84.1 Å². The molecule has 0 aliphatic heterocycles. The normalized spacial score (nSPS) is 13.8. The van der Waals surface area contributed by atoms with Crippen LogP contribution in [0.25, 0.3) is 55.7 Å². The molecular weight excluding hydrogens is 344 g/mol. The first-order valence-electron chi connectivity index (χ1n) is 9.61. The summed E-state index contributed by atoms with van der Waals surface area (Å²) < 4.78 is 12.7. The van der Waals surface area contributed by atoms with Crippen molar-refractivity contribution in [3.8, 4) is 11.1 Å². The Kier molecular flexibility index (Phi) is 3.18. The van der Waals surface area contributed by atoms with Gasteiger partial charge in [0.1, 0.15) is 22.5 Å². The van der Waals surface area contributed by atoms with E-state index in [1.54, 1.807) is 0 Å². The van der Waals surface area contributed by atoms with Crippen molar-refractivity contribution >= 4 is 44.6 Å². The third kappa shape index (κ3) is 2.09. The van der Waals surface area contributed by atoms with Gasteiger partial charge in [-0.2, -0.15) is 0 Å². The minimum Gasteiger partial charge on any atom is -0.455 e. The van der Waals surface area contributed by atoms with Crippen LogP contribution in [-0.4, -0.2) is 0 Å². The quantitative estimate of drug-likeness (QED) is 0.304. The lowest BCUT2D eigenvalue weighted by Gasteiger charge is -2.04. The SMILES string of the molecule is CC1=CCC=Cc2c1oc1c(-c3cccc4c3oc3ccccc34)cccc21. The van der Waals surface area contributed by atoms with Crippen LogP contribution in [-0.2, 0) is 0 Å². The summed E-state index contributed by atoms with van der Waals surface area (Å²) in [5, 5.41) is 3.42. The minimum absolute atomic E-state index is 0.908. The largest absolute Gasteiger partial charge is 0.455 e. The molecule has 0 saturated carbocycles. The Morgan fingerprint density at radius 1 is 0.714 bits per heavy atom. The Balaban J connectivity index is 1.70. The average molecular weight is 362 g/mol. The number of para-hydroxylation sites is 3. The van der Waals surface area contributed by atoms with E-state index in [-0.39, 0.29) is 0 Å². The molecule has 0 saturated heterocycles. The van der Waals surface area contributed by atoms with Crippen molar-refractivity contribution < 1.29 is 8.83 Å². The fourth-order valence-corrected chi connectivity index (χ4v) is 4.29. The fourth-order valence-electron chi connectivity index (χ4n) is 4.29. The molecule has 0 amide bonds. The zero-order valence-electron chi connectivity index (χ0n) is 15.5. The van der Waals surface area contributed by atoms with Crippen LogP contribution in [0.4, 0.5) is 0 Å². The van der Waals surface area contributed by atoms with E-state index in [4.69, 9.17) is 8.83 Å². The second kappa shape index (κ2) is 5.74. The molecule has 2 aromatic heterocycles. The fraction of sp³-hybridized carbons (Fsp3) is 0.0769. The lowest BCUT2D eigenvalue weighted by Crippen LogP contribution is -1.80. The molecule has 1 aliphatic carbocycles. The van der Waals surface area contributed by atoms with E-state index in [1.807, 2.05) is 12.1 Å². The summed E-state index contributed by atoms with van der Waals surface area (Å²) in [7, 11) is 0. The molecule has 0 spiro atoms. The highest BCUT2D eigenvalue weighted by molar-refractivity contribution is 6.12. The highest BCUT2D eigenvalue weighted by Gasteiger charge is 2.20. The van der Waals surface area contributed by atoms with Crippen molar-refractivity contribution in [2.45, 2.75) is 13.3 Å². The van der Waals surface area contributed by atoms with Crippen LogP contribution < -0.4 is 0 Å². The van der Waals surface area contributed by atoms with Gasteiger partial charge in [0.2, 0.25) is 0 Å². The van der Waals surface area contributed by atoms with Gasteiger partial charge in [0.25, 0.3) is 0 Å². The van der Waals surface area contributed by atoms with Crippen LogP contribution in [0.3, 0.4) is 0 Å². The molecule has 6 rings (SSSR count). The van der Waals surface area contributed by atoms with Crippen molar-refractivity contribution in [2.24, 2.45) is 0 Å². The summed E-state index contributed by atoms with van der Waals surface area (Å²) in [6, 6.07) is 20.9. The number of hydrogen-bond donors (Lipinski definition) is 0. The van der Waals surface area contributed by atoms with Gasteiger partial charge in [-0.1, -0.05) is 72.8 Å². The number of fused-ring (bicyclic) bond motifs is 6. The molecule has 134 valence electrons. The van der Waals surface area contributed by atoms with Crippen LogP contribution >= 0.6 is 0 Å². The molecule has 2 nitrogen and oxygen atoms in total. The molecule has 0 unspecified atom stereocenters. The highest BCUT2D eigenvalue weighted by Crippen LogP contribution is 2.42. The lowest BCUT2D eigenvalue weighted by atomic mass is 9.99. The first-order chi connectivity index (χ1) is 13.8. The minimum atomic E-state index is 0.908. The molecule has 5 aromatic rings. The Hall–Kier alpha value is -3.52. The van der Waals surface area contributed by atoms with Gasteiger partial charge >= 0.3 is 0 Å². The maximum Gasteiger partial charge on any atom is 0.143 e. The first-order valence-corrected chi connectivity index (χ1v) is 9.61. The number of allylic oxidation sites excluding steroid dienone is 3. The van der Waals surface area contributed by atoms with E-state index in [0.29, 0.717) is 0 Å². The Labute approximate surface area is 162 Å². The maximum atomic E-state index is 6.43. The van der Waals surface area contributed by atoms with Crippen molar-refractivity contribution in [3.63, 3.8) is 0 Å². The molecule has 0 N–H and O–H groups in total. The molecule has 2 heterocycles. The number of benzene rings is 3. The van der Waals surface area contributed by atoms with Gasteiger partial charge in [0, 0.05) is 32.8 Å². The lowest BCUT2D eigenvalue weighted by molar-refractivity contribution is 0.599. The van der Waals surface area contributed by atoms with Gasteiger partial charge in [0.05, 0.1) is 0 Å². The van der Waals surface area contributed by atoms with Gasteiger partial charge in [-0.15, -0.1) is 0 Å². The zero-order valence-corrected chi connectivity index (χ0v) is 15.5. The van der Waals surface area contributed by atoms with Gasteiger partial charge in [-0.05, 0) is 25.0 Å². The van der Waals surface area contributed by atoms with Gasteiger partial charge < -0.3 is 8.83 Å². The second-order valence-electron chi connectivity index (χ2n) is 7.33. The standard InChI is InChI=1S/C26H18O2/c1-16-8-2-3-10-19-20-12-7-14-22(26(20)28-24(16)19)21-13-6-11-18-17-9-4-5-15-23(17)27-25(18)21/h3-15H,2H2,1H3.